The van der Waals surface area contributed by atoms with Gasteiger partial charge in [0.25, 0.3) is 5.91 Å². The molecule has 0 aromatic carbocycles. The van der Waals surface area contributed by atoms with Gasteiger partial charge in [-0.1, -0.05) is 24.0 Å². The monoisotopic (exact) mass is 314 g/mol. The summed E-state index contributed by atoms with van der Waals surface area (Å²) in [7, 11) is 0.112. The Morgan fingerprint density at radius 2 is 2.21 bits per heavy atom. The van der Waals surface area contributed by atoms with Crippen LogP contribution in [-0.4, -0.2) is 44.4 Å². The van der Waals surface area contributed by atoms with Crippen LogP contribution in [0.2, 0.25) is 0 Å². The maximum absolute atomic E-state index is 12.0. The topological polar surface area (TPSA) is 23.6 Å². The van der Waals surface area contributed by atoms with Crippen LogP contribution in [0.1, 0.15) is 20.8 Å². The van der Waals surface area contributed by atoms with Crippen molar-refractivity contribution in [3.8, 4) is 0 Å². The van der Waals surface area contributed by atoms with Crippen molar-refractivity contribution in [3.05, 3.63) is 22.1 Å². The van der Waals surface area contributed by atoms with Crippen LogP contribution in [0.3, 0.4) is 0 Å². The molecule has 2 heterocycles. The van der Waals surface area contributed by atoms with Crippen molar-refractivity contribution in [2.75, 3.05) is 19.0 Å². The summed E-state index contributed by atoms with van der Waals surface area (Å²) in [5, 5.41) is 4.42. The van der Waals surface area contributed by atoms with Gasteiger partial charge in [-0.3, -0.25) is 9.69 Å². The molecular formula is C13H18N2OS3. The third-order valence-corrected chi connectivity index (χ3v) is 6.23. The zero-order chi connectivity index (χ0) is 14.0. The first-order chi connectivity index (χ1) is 9.06. The van der Waals surface area contributed by atoms with E-state index in [1.165, 1.54) is 17.5 Å². The van der Waals surface area contributed by atoms with Crippen molar-refractivity contribution in [1.82, 2.24) is 9.80 Å². The van der Waals surface area contributed by atoms with Gasteiger partial charge in [-0.15, -0.1) is 10.5 Å². The van der Waals surface area contributed by atoms with E-state index in [1.807, 2.05) is 13.0 Å². The van der Waals surface area contributed by atoms with Gasteiger partial charge in [-0.25, -0.2) is 0 Å². The van der Waals surface area contributed by atoms with Gasteiger partial charge >= 0.3 is 0 Å². The molecule has 0 aliphatic carbocycles. The predicted molar refractivity (Wildman–Crippen MR) is 90.3 cm³/mol. The summed E-state index contributed by atoms with van der Waals surface area (Å²) in [4.78, 5) is 16.8. The average molecular weight is 315 g/mol. The number of amides is 1. The SMILES string of the molecule is CCN1CS(=CC=C2SC(=S)N(CC)C2=O)C=C1C. The van der Waals surface area contributed by atoms with E-state index in [0.717, 1.165) is 17.3 Å². The maximum Gasteiger partial charge on any atom is 0.266 e. The minimum absolute atomic E-state index is 0.0459. The molecule has 1 unspecified atom stereocenters. The fourth-order valence-electron chi connectivity index (χ4n) is 1.97. The van der Waals surface area contributed by atoms with Gasteiger partial charge in [0.05, 0.1) is 10.8 Å². The molecule has 1 fully saturated rings. The lowest BCUT2D eigenvalue weighted by atomic mass is 10.4. The largest absolute Gasteiger partial charge is 0.366 e. The number of carbonyl (C=O) groups is 1. The zero-order valence-corrected chi connectivity index (χ0v) is 13.8. The first-order valence-corrected chi connectivity index (χ1v) is 9.02. The van der Waals surface area contributed by atoms with Crippen LogP contribution < -0.4 is 0 Å². The average Bonchev–Trinajstić information content (AvgIpc) is 2.87. The number of thiocarbonyl (C=S) groups is 1. The molecule has 19 heavy (non-hydrogen) atoms. The van der Waals surface area contributed by atoms with Crippen molar-refractivity contribution < 1.29 is 4.79 Å². The van der Waals surface area contributed by atoms with E-state index < -0.39 is 0 Å². The molecule has 0 aromatic heterocycles. The Morgan fingerprint density at radius 3 is 2.74 bits per heavy atom. The van der Waals surface area contributed by atoms with Crippen LogP contribution in [0.25, 0.3) is 0 Å². The number of allylic oxidation sites excluding steroid dienone is 2. The molecule has 0 radical (unpaired) electrons. The Hall–Kier alpha value is -0.590. The maximum atomic E-state index is 12.0. The van der Waals surface area contributed by atoms with Crippen LogP contribution in [0.5, 0.6) is 0 Å². The minimum atomic E-state index is 0.0459. The fraction of sp³-hybridized carbons (Fsp3) is 0.462. The molecule has 0 bridgehead atoms. The molecule has 3 nitrogen and oxygen atoms in total. The standard InChI is InChI=1S/C13H18N2OS3/c1-4-14-9-19(8-10(14)3)7-6-11-12(16)15(5-2)13(17)18-11/h6-8H,4-5,9H2,1-3H3. The highest BCUT2D eigenvalue weighted by Crippen LogP contribution is 2.32. The Kier molecular flexibility index (Phi) is 4.86. The first kappa shape index (κ1) is 14.8. The molecular weight excluding hydrogens is 296 g/mol. The smallest absolute Gasteiger partial charge is 0.266 e. The Balaban J connectivity index is 2.13. The Morgan fingerprint density at radius 1 is 1.47 bits per heavy atom. The molecule has 0 saturated carbocycles. The summed E-state index contributed by atoms with van der Waals surface area (Å²) in [6.07, 6.45) is 1.95. The summed E-state index contributed by atoms with van der Waals surface area (Å²) in [6, 6.07) is 0. The number of nitrogens with zero attached hydrogens (tertiary/aromatic N) is 2. The molecule has 2 rings (SSSR count). The molecule has 1 amide bonds. The van der Waals surface area contributed by atoms with E-state index in [9.17, 15) is 4.79 Å². The highest BCUT2D eigenvalue weighted by molar-refractivity contribution is 8.26. The van der Waals surface area contributed by atoms with Gasteiger partial charge in [0.2, 0.25) is 0 Å². The van der Waals surface area contributed by atoms with Crippen molar-refractivity contribution >= 4 is 50.1 Å². The second-order valence-electron chi connectivity index (χ2n) is 4.30. The molecule has 1 saturated heterocycles. The first-order valence-electron chi connectivity index (χ1n) is 6.27. The number of hydrogen-bond acceptors (Lipinski definition) is 4. The van der Waals surface area contributed by atoms with Crippen LogP contribution in [0, 0.1) is 0 Å². The summed E-state index contributed by atoms with van der Waals surface area (Å²) < 4.78 is 0.670. The zero-order valence-electron chi connectivity index (χ0n) is 11.4. The van der Waals surface area contributed by atoms with E-state index in [1.54, 1.807) is 4.90 Å². The van der Waals surface area contributed by atoms with Gasteiger partial charge in [0.15, 0.2) is 0 Å². The summed E-state index contributed by atoms with van der Waals surface area (Å²) in [5.41, 5.74) is 1.33. The summed E-state index contributed by atoms with van der Waals surface area (Å²) in [5.74, 6) is 1.08. The predicted octanol–water partition coefficient (Wildman–Crippen LogP) is 2.98. The number of hydrogen-bond donors (Lipinski definition) is 0. The molecule has 6 heteroatoms. The van der Waals surface area contributed by atoms with Crippen molar-refractivity contribution in [2.24, 2.45) is 0 Å². The van der Waals surface area contributed by atoms with Crippen LogP contribution >= 0.6 is 34.5 Å². The van der Waals surface area contributed by atoms with Gasteiger partial charge in [0, 0.05) is 18.8 Å². The second-order valence-corrected chi connectivity index (χ2v) is 7.68. The van der Waals surface area contributed by atoms with Crippen molar-refractivity contribution in [3.63, 3.8) is 0 Å². The Labute approximate surface area is 126 Å². The van der Waals surface area contributed by atoms with Crippen LogP contribution in [-0.2, 0) is 4.79 Å². The van der Waals surface area contributed by atoms with E-state index in [2.05, 4.69) is 29.5 Å². The normalized spacial score (nSPS) is 25.9. The summed E-state index contributed by atoms with van der Waals surface area (Å²) in [6.45, 7) is 7.94. The van der Waals surface area contributed by atoms with E-state index in [0.29, 0.717) is 10.9 Å². The van der Waals surface area contributed by atoms with Crippen LogP contribution in [0.15, 0.2) is 22.1 Å². The third kappa shape index (κ3) is 3.12. The lowest BCUT2D eigenvalue weighted by molar-refractivity contribution is -0.122. The van der Waals surface area contributed by atoms with Crippen molar-refractivity contribution in [2.45, 2.75) is 20.8 Å². The van der Waals surface area contributed by atoms with Gasteiger partial charge < -0.3 is 4.90 Å². The lowest BCUT2D eigenvalue weighted by Gasteiger charge is -2.16. The number of thioether (sulfide) groups is 1. The van der Waals surface area contributed by atoms with Gasteiger partial charge in [0.1, 0.15) is 4.32 Å². The number of carbonyl (C=O) groups excluding carboxylic acids is 1. The van der Waals surface area contributed by atoms with Gasteiger partial charge in [-0.05, 0) is 37.6 Å². The highest BCUT2D eigenvalue weighted by Gasteiger charge is 2.30. The quantitative estimate of drug-likeness (QED) is 0.590. The Bertz CT molecular complexity index is 508. The lowest BCUT2D eigenvalue weighted by Crippen LogP contribution is -2.27. The molecule has 0 spiro atoms. The number of rotatable bonds is 3. The molecule has 1 atom stereocenters. The van der Waals surface area contributed by atoms with E-state index >= 15 is 0 Å². The van der Waals surface area contributed by atoms with Crippen molar-refractivity contribution in [1.29, 1.82) is 0 Å². The third-order valence-electron chi connectivity index (χ3n) is 3.09. The second kappa shape index (κ2) is 6.24. The molecule has 104 valence electrons. The van der Waals surface area contributed by atoms with E-state index in [4.69, 9.17) is 12.2 Å². The van der Waals surface area contributed by atoms with E-state index in [-0.39, 0.29) is 16.4 Å². The van der Waals surface area contributed by atoms with Gasteiger partial charge in [-0.2, -0.15) is 0 Å². The summed E-state index contributed by atoms with van der Waals surface area (Å²) >= 11 is 6.60. The highest BCUT2D eigenvalue weighted by atomic mass is 32.2. The fourth-order valence-corrected chi connectivity index (χ4v) is 5.27. The minimum Gasteiger partial charge on any atom is -0.366 e. The van der Waals surface area contributed by atoms with Crippen LogP contribution in [0.4, 0.5) is 0 Å². The molecule has 0 aromatic rings. The molecule has 2 aliphatic rings. The molecule has 0 N–H and O–H groups in total. The number of likely N-dealkylation sites (N-methyl/N-ethyl adjacent to an activating group) is 1. The molecule has 2 aliphatic heterocycles.